The Bertz CT molecular complexity index is 636. The van der Waals surface area contributed by atoms with Gasteiger partial charge in [0.1, 0.15) is 0 Å². The number of pyridine rings is 1. The van der Waals surface area contributed by atoms with E-state index in [0.717, 1.165) is 12.1 Å². The second kappa shape index (κ2) is 7.13. The minimum absolute atomic E-state index is 0.00588. The number of carbonyl (C=O) groups is 2. The predicted octanol–water partition coefficient (Wildman–Crippen LogP) is 2.90. The van der Waals surface area contributed by atoms with Crippen molar-refractivity contribution in [2.24, 2.45) is 0 Å². The van der Waals surface area contributed by atoms with Crippen molar-refractivity contribution in [1.82, 2.24) is 10.3 Å². The van der Waals surface area contributed by atoms with Crippen LogP contribution in [0.3, 0.4) is 0 Å². The third-order valence-corrected chi connectivity index (χ3v) is 3.94. The van der Waals surface area contributed by atoms with Crippen LogP contribution in [0.15, 0.2) is 29.0 Å². The number of hydrogen-bond acceptors (Lipinski definition) is 4. The van der Waals surface area contributed by atoms with Gasteiger partial charge in [-0.2, -0.15) is 11.3 Å². The van der Waals surface area contributed by atoms with Gasteiger partial charge in [-0.1, -0.05) is 0 Å². The molecule has 0 aromatic carbocycles. The maximum Gasteiger partial charge on any atom is 0.220 e. The van der Waals surface area contributed by atoms with Crippen LogP contribution in [0, 0.1) is 6.92 Å². The van der Waals surface area contributed by atoms with Crippen LogP contribution in [-0.2, 0) is 17.8 Å². The number of nitrogens with zero attached hydrogens (tertiary/aromatic N) is 1. The lowest BCUT2D eigenvalue weighted by atomic mass is 10.1. The molecule has 5 heteroatoms. The molecule has 1 N–H and O–H groups in total. The lowest BCUT2D eigenvalue weighted by Crippen LogP contribution is -2.23. The Balaban J connectivity index is 1.83. The van der Waals surface area contributed by atoms with E-state index < -0.39 is 0 Å². The van der Waals surface area contributed by atoms with E-state index in [-0.39, 0.29) is 11.7 Å². The Hall–Kier alpha value is -2.01. The number of amides is 1. The number of aryl methyl sites for hydroxylation is 2. The van der Waals surface area contributed by atoms with Gasteiger partial charge in [0.2, 0.25) is 5.91 Å². The minimum atomic E-state index is 0.00588. The molecule has 0 saturated carbocycles. The molecule has 21 heavy (non-hydrogen) atoms. The predicted molar refractivity (Wildman–Crippen MR) is 83.5 cm³/mol. The Kier molecular flexibility index (Phi) is 5.22. The van der Waals surface area contributed by atoms with E-state index in [1.807, 2.05) is 11.4 Å². The molecule has 1 amide bonds. The summed E-state index contributed by atoms with van der Waals surface area (Å²) in [5.41, 5.74) is 3.28. The summed E-state index contributed by atoms with van der Waals surface area (Å²) >= 11 is 1.64. The van der Waals surface area contributed by atoms with Crippen molar-refractivity contribution < 1.29 is 9.59 Å². The van der Waals surface area contributed by atoms with Crippen LogP contribution < -0.4 is 5.32 Å². The lowest BCUT2D eigenvalue weighted by molar-refractivity contribution is -0.121. The van der Waals surface area contributed by atoms with Crippen LogP contribution in [-0.4, -0.2) is 16.7 Å². The molecular formula is C16H18N2O2S. The third kappa shape index (κ3) is 4.49. The van der Waals surface area contributed by atoms with Crippen molar-refractivity contribution in [3.63, 3.8) is 0 Å². The van der Waals surface area contributed by atoms with E-state index in [0.29, 0.717) is 24.2 Å². The first-order chi connectivity index (χ1) is 10.1. The molecule has 0 aliphatic rings. The Morgan fingerprint density at radius 2 is 2.10 bits per heavy atom. The molecule has 0 atom stereocenters. The van der Waals surface area contributed by atoms with Crippen LogP contribution in [0.5, 0.6) is 0 Å². The number of carbonyl (C=O) groups excluding carboxylic acids is 2. The molecule has 0 aliphatic carbocycles. The molecule has 0 unspecified atom stereocenters. The average molecular weight is 302 g/mol. The van der Waals surface area contributed by atoms with Gasteiger partial charge in [0, 0.05) is 17.7 Å². The fourth-order valence-electron chi connectivity index (χ4n) is 2.05. The quantitative estimate of drug-likeness (QED) is 0.835. The molecule has 0 radical (unpaired) electrons. The first kappa shape index (κ1) is 15.4. The van der Waals surface area contributed by atoms with Crippen molar-refractivity contribution in [1.29, 1.82) is 0 Å². The first-order valence-electron chi connectivity index (χ1n) is 6.81. The summed E-state index contributed by atoms with van der Waals surface area (Å²) in [6, 6.07) is 5.57. The Morgan fingerprint density at radius 3 is 2.71 bits per heavy atom. The summed E-state index contributed by atoms with van der Waals surface area (Å²) in [7, 11) is 0. The van der Waals surface area contributed by atoms with Gasteiger partial charge in [0.05, 0.1) is 12.2 Å². The molecule has 2 aromatic rings. The molecule has 4 nitrogen and oxygen atoms in total. The highest BCUT2D eigenvalue weighted by atomic mass is 32.1. The van der Waals surface area contributed by atoms with E-state index in [2.05, 4.69) is 15.7 Å². The fraction of sp³-hybridized carbons (Fsp3) is 0.312. The maximum absolute atomic E-state index is 11.8. The molecule has 2 aromatic heterocycles. The monoisotopic (exact) mass is 302 g/mol. The van der Waals surface area contributed by atoms with Crippen molar-refractivity contribution >= 4 is 23.0 Å². The topological polar surface area (TPSA) is 59.1 Å². The third-order valence-electron chi connectivity index (χ3n) is 3.21. The lowest BCUT2D eigenvalue weighted by Gasteiger charge is -2.07. The largest absolute Gasteiger partial charge is 0.350 e. The molecule has 0 aliphatic heterocycles. The van der Waals surface area contributed by atoms with Crippen molar-refractivity contribution in [2.45, 2.75) is 33.2 Å². The number of aromatic nitrogens is 1. The molecule has 0 saturated heterocycles. The zero-order valence-electron chi connectivity index (χ0n) is 12.2. The van der Waals surface area contributed by atoms with Crippen molar-refractivity contribution in [3.8, 4) is 0 Å². The van der Waals surface area contributed by atoms with E-state index >= 15 is 0 Å². The number of Topliss-reactive ketones (excluding diaryl/α,β-unsaturated/α-hetero) is 1. The standard InChI is InChI=1S/C16H18N2O2S/c1-11-15(12(2)19)5-4-14(18-11)9-17-16(20)6-3-13-7-8-21-10-13/h4-5,7-8,10H,3,6,9H2,1-2H3,(H,17,20). The highest BCUT2D eigenvalue weighted by molar-refractivity contribution is 7.07. The molecule has 0 fully saturated rings. The van der Waals surface area contributed by atoms with Crippen molar-refractivity contribution in [3.05, 3.63) is 51.5 Å². The summed E-state index contributed by atoms with van der Waals surface area (Å²) in [4.78, 5) is 27.5. The normalized spacial score (nSPS) is 10.4. The summed E-state index contributed by atoms with van der Waals surface area (Å²) < 4.78 is 0. The van der Waals surface area contributed by atoms with E-state index in [1.165, 1.54) is 12.5 Å². The van der Waals surface area contributed by atoms with E-state index in [1.54, 1.807) is 30.4 Å². The fourth-order valence-corrected chi connectivity index (χ4v) is 2.76. The summed E-state index contributed by atoms with van der Waals surface area (Å²) in [5.74, 6) is 0.0163. The molecule has 0 spiro atoms. The van der Waals surface area contributed by atoms with Crippen LogP contribution in [0.2, 0.25) is 0 Å². The van der Waals surface area contributed by atoms with Gasteiger partial charge in [-0.25, -0.2) is 0 Å². The van der Waals surface area contributed by atoms with Gasteiger partial charge < -0.3 is 5.32 Å². The smallest absolute Gasteiger partial charge is 0.220 e. The molecule has 2 rings (SSSR count). The second-order valence-electron chi connectivity index (χ2n) is 4.90. The zero-order chi connectivity index (χ0) is 15.2. The van der Waals surface area contributed by atoms with E-state index in [4.69, 9.17) is 0 Å². The van der Waals surface area contributed by atoms with E-state index in [9.17, 15) is 9.59 Å². The Morgan fingerprint density at radius 1 is 1.29 bits per heavy atom. The molecular weight excluding hydrogens is 284 g/mol. The average Bonchev–Trinajstić information content (AvgIpc) is 2.95. The van der Waals surface area contributed by atoms with Gasteiger partial charge in [0.25, 0.3) is 0 Å². The number of ketones is 1. The summed E-state index contributed by atoms with van der Waals surface area (Å²) in [6.45, 7) is 3.72. The number of rotatable bonds is 6. The van der Waals surface area contributed by atoms with Gasteiger partial charge in [0.15, 0.2) is 5.78 Å². The highest BCUT2D eigenvalue weighted by Gasteiger charge is 2.07. The molecule has 110 valence electrons. The number of thiophene rings is 1. The Labute approximate surface area is 128 Å². The maximum atomic E-state index is 11.8. The molecule has 2 heterocycles. The molecule has 0 bridgehead atoms. The first-order valence-corrected chi connectivity index (χ1v) is 7.76. The summed E-state index contributed by atoms with van der Waals surface area (Å²) in [6.07, 6.45) is 1.23. The summed E-state index contributed by atoms with van der Waals surface area (Å²) in [5, 5.41) is 6.92. The van der Waals surface area contributed by atoms with Gasteiger partial charge in [-0.3, -0.25) is 14.6 Å². The van der Waals surface area contributed by atoms with Crippen LogP contribution >= 0.6 is 11.3 Å². The van der Waals surface area contributed by atoms with Crippen LogP contribution in [0.1, 0.15) is 40.7 Å². The SMILES string of the molecule is CC(=O)c1ccc(CNC(=O)CCc2ccsc2)nc1C. The number of hydrogen-bond donors (Lipinski definition) is 1. The number of nitrogens with one attached hydrogen (secondary N) is 1. The van der Waals surface area contributed by atoms with Crippen LogP contribution in [0.4, 0.5) is 0 Å². The van der Waals surface area contributed by atoms with Crippen molar-refractivity contribution in [2.75, 3.05) is 0 Å². The highest BCUT2D eigenvalue weighted by Crippen LogP contribution is 2.09. The van der Waals surface area contributed by atoms with Crippen LogP contribution in [0.25, 0.3) is 0 Å². The van der Waals surface area contributed by atoms with Gasteiger partial charge in [-0.05, 0) is 54.8 Å². The zero-order valence-corrected chi connectivity index (χ0v) is 13.0. The van der Waals surface area contributed by atoms with Gasteiger partial charge in [-0.15, -0.1) is 0 Å². The second-order valence-corrected chi connectivity index (χ2v) is 5.68. The van der Waals surface area contributed by atoms with Gasteiger partial charge >= 0.3 is 0 Å². The minimum Gasteiger partial charge on any atom is -0.350 e.